The second-order valence-corrected chi connectivity index (χ2v) is 7.19. The molecular weight excluding hydrogens is 341 g/mol. The minimum absolute atomic E-state index is 0.0374. The van der Waals surface area contributed by atoms with E-state index in [0.29, 0.717) is 41.3 Å². The van der Waals surface area contributed by atoms with Gasteiger partial charge >= 0.3 is 0 Å². The number of rotatable bonds is 3. The minimum atomic E-state index is -0.599. The molecule has 126 valence electrons. The first-order valence-corrected chi connectivity index (χ1v) is 8.62. The number of hydrogen-bond acceptors (Lipinski definition) is 3. The van der Waals surface area contributed by atoms with E-state index >= 15 is 0 Å². The zero-order valence-corrected chi connectivity index (χ0v) is 14.1. The van der Waals surface area contributed by atoms with E-state index in [9.17, 15) is 14.4 Å². The van der Waals surface area contributed by atoms with Gasteiger partial charge in [-0.1, -0.05) is 24.4 Å². The average molecular weight is 357 g/mol. The highest BCUT2D eigenvalue weighted by atomic mass is 35.5. The van der Waals surface area contributed by atoms with E-state index in [-0.39, 0.29) is 17.6 Å². The van der Waals surface area contributed by atoms with Gasteiger partial charge in [-0.05, 0) is 36.3 Å². The van der Waals surface area contributed by atoms with Crippen LogP contribution in [0.5, 0.6) is 0 Å². The average Bonchev–Trinajstić information content (AvgIpc) is 3.36. The van der Waals surface area contributed by atoms with Gasteiger partial charge in [-0.25, -0.2) is 9.65 Å². The summed E-state index contributed by atoms with van der Waals surface area (Å²) < 4.78 is 15.3. The molecule has 1 saturated carbocycles. The molecule has 1 aromatic carbocycles. The molecule has 0 saturated heterocycles. The van der Waals surface area contributed by atoms with Gasteiger partial charge in [-0.2, -0.15) is 5.10 Å². The number of fused-ring (bicyclic) bond motifs is 1. The summed E-state index contributed by atoms with van der Waals surface area (Å²) in [6.07, 6.45) is 2.74. The lowest BCUT2D eigenvalue weighted by Gasteiger charge is -2.26. The molecule has 1 unspecified atom stereocenters. The van der Waals surface area contributed by atoms with Crippen LogP contribution in [0.4, 0.5) is 4.39 Å². The van der Waals surface area contributed by atoms with Gasteiger partial charge in [0, 0.05) is 23.8 Å². The molecule has 0 bridgehead atoms. The Morgan fingerprint density at radius 1 is 1.48 bits per heavy atom. The fourth-order valence-corrected chi connectivity index (χ4v) is 3.97. The van der Waals surface area contributed by atoms with E-state index in [2.05, 4.69) is 11.1 Å². The van der Waals surface area contributed by atoms with E-state index in [1.54, 1.807) is 4.68 Å². The molecule has 1 aromatic heterocycles. The van der Waals surface area contributed by atoms with Crippen molar-refractivity contribution in [3.63, 3.8) is 0 Å². The van der Waals surface area contributed by atoms with E-state index in [4.69, 9.17) is 17.3 Å². The second-order valence-electron chi connectivity index (χ2n) is 6.79. The van der Waals surface area contributed by atoms with Crippen molar-refractivity contribution in [2.24, 2.45) is 11.7 Å². The molecule has 0 spiro atoms. The van der Waals surface area contributed by atoms with Crippen molar-refractivity contribution in [2.45, 2.75) is 31.5 Å². The number of primary amides is 1. The lowest BCUT2D eigenvalue weighted by Crippen LogP contribution is -2.35. The Hall–Kier alpha value is -2.33. The van der Waals surface area contributed by atoms with Crippen LogP contribution in [0.25, 0.3) is 11.3 Å². The number of nitriles is 1. The Kier molecular flexibility index (Phi) is 3.80. The SMILES string of the molecule is N#CB1Cc2c(C(N)=O)c(-c3ccc(F)c(Cl)c3)nn2CC1C1CC1. The zero-order valence-electron chi connectivity index (χ0n) is 13.4. The minimum Gasteiger partial charge on any atom is -0.365 e. The zero-order chi connectivity index (χ0) is 17.7. The first-order chi connectivity index (χ1) is 12.0. The number of halogens is 2. The Balaban J connectivity index is 1.83. The molecule has 4 rings (SSSR count). The number of benzene rings is 1. The highest BCUT2D eigenvalue weighted by Gasteiger charge is 2.44. The van der Waals surface area contributed by atoms with E-state index in [1.807, 2.05) is 0 Å². The molecule has 8 heteroatoms. The summed E-state index contributed by atoms with van der Waals surface area (Å²) in [4.78, 5) is 12.1. The topological polar surface area (TPSA) is 84.7 Å². The van der Waals surface area contributed by atoms with Crippen LogP contribution in [-0.4, -0.2) is 22.4 Å². The molecule has 2 aliphatic rings. The van der Waals surface area contributed by atoms with Gasteiger partial charge in [0.15, 0.2) is 0 Å². The molecular formula is C17H15BClFN4O. The van der Waals surface area contributed by atoms with Crippen LogP contribution >= 0.6 is 11.6 Å². The Morgan fingerprint density at radius 3 is 2.84 bits per heavy atom. The summed E-state index contributed by atoms with van der Waals surface area (Å²) in [6, 6.07) is 4.21. The van der Waals surface area contributed by atoms with Crippen LogP contribution in [0.1, 0.15) is 28.9 Å². The maximum absolute atomic E-state index is 13.5. The summed E-state index contributed by atoms with van der Waals surface area (Å²) in [5.74, 6) is 2.06. The van der Waals surface area contributed by atoms with Gasteiger partial charge in [-0.15, -0.1) is 0 Å². The van der Waals surface area contributed by atoms with Gasteiger partial charge in [0.05, 0.1) is 10.6 Å². The van der Waals surface area contributed by atoms with Crippen molar-refractivity contribution in [3.05, 3.63) is 40.3 Å². The molecule has 2 N–H and O–H groups in total. The second kappa shape index (κ2) is 5.89. The van der Waals surface area contributed by atoms with E-state index in [1.165, 1.54) is 18.2 Å². The lowest BCUT2D eigenvalue weighted by atomic mass is 9.37. The highest BCUT2D eigenvalue weighted by Crippen LogP contribution is 2.46. The lowest BCUT2D eigenvalue weighted by molar-refractivity contribution is 0.1000. The Morgan fingerprint density at radius 2 is 2.24 bits per heavy atom. The predicted octanol–water partition coefficient (Wildman–Crippen LogP) is 2.87. The van der Waals surface area contributed by atoms with Crippen LogP contribution in [-0.2, 0) is 12.9 Å². The van der Waals surface area contributed by atoms with Crippen molar-refractivity contribution >= 4 is 24.2 Å². The van der Waals surface area contributed by atoms with Gasteiger partial charge in [0.25, 0.3) is 12.6 Å². The molecule has 2 aromatic rings. The number of nitrogens with zero attached hydrogens (tertiary/aromatic N) is 3. The normalized spacial score (nSPS) is 19.4. The van der Waals surface area contributed by atoms with Gasteiger partial charge in [0.1, 0.15) is 11.5 Å². The fraction of sp³-hybridized carbons (Fsp3) is 0.353. The third-order valence-corrected chi connectivity index (χ3v) is 5.49. The summed E-state index contributed by atoms with van der Waals surface area (Å²) in [7, 11) is 0. The fourth-order valence-electron chi connectivity index (χ4n) is 3.79. The van der Waals surface area contributed by atoms with Gasteiger partial charge < -0.3 is 5.73 Å². The van der Waals surface area contributed by atoms with Gasteiger partial charge in [-0.3, -0.25) is 9.48 Å². The maximum atomic E-state index is 13.5. The highest BCUT2D eigenvalue weighted by molar-refractivity contribution is 6.68. The number of carbonyl (C=O) groups is 1. The molecule has 1 atom stereocenters. The van der Waals surface area contributed by atoms with E-state index in [0.717, 1.165) is 12.8 Å². The number of carbonyl (C=O) groups excluding carboxylic acids is 1. The number of nitrogens with two attached hydrogens (primary N) is 1. The largest absolute Gasteiger partial charge is 0.365 e. The van der Waals surface area contributed by atoms with Gasteiger partial charge in [0.2, 0.25) is 0 Å². The summed E-state index contributed by atoms with van der Waals surface area (Å²) in [5, 5.41) is 14.1. The van der Waals surface area contributed by atoms with Crippen molar-refractivity contribution in [2.75, 3.05) is 0 Å². The van der Waals surface area contributed by atoms with E-state index < -0.39 is 11.7 Å². The molecule has 1 amide bonds. The predicted molar refractivity (Wildman–Crippen MR) is 92.7 cm³/mol. The summed E-state index contributed by atoms with van der Waals surface area (Å²) in [6.45, 7) is 0.465. The van der Waals surface area contributed by atoms with Crippen LogP contribution in [0.15, 0.2) is 18.2 Å². The van der Waals surface area contributed by atoms with Crippen LogP contribution in [0, 0.1) is 23.0 Å². The third kappa shape index (κ3) is 2.71. The smallest absolute Gasteiger partial charge is 0.279 e. The number of hydrogen-bond donors (Lipinski definition) is 1. The molecule has 0 radical (unpaired) electrons. The number of aromatic nitrogens is 2. The standard InChI is InChI=1S/C17H15BClFN4O/c19-12-5-10(3-4-13(12)20)16-15(17(22)25)14-6-18(8-21)11(9-1-2-9)7-24(14)23-16/h3-5,9,11H,1-2,6-7H2,(H2,22,25). The Labute approximate surface area is 149 Å². The quantitative estimate of drug-likeness (QED) is 0.858. The van der Waals surface area contributed by atoms with Crippen LogP contribution in [0.2, 0.25) is 10.8 Å². The van der Waals surface area contributed by atoms with Crippen molar-refractivity contribution < 1.29 is 9.18 Å². The van der Waals surface area contributed by atoms with Crippen LogP contribution in [0.3, 0.4) is 0 Å². The molecule has 1 fully saturated rings. The monoisotopic (exact) mass is 356 g/mol. The van der Waals surface area contributed by atoms with Crippen molar-refractivity contribution in [1.29, 1.82) is 5.26 Å². The molecule has 2 heterocycles. The Bertz CT molecular complexity index is 918. The third-order valence-electron chi connectivity index (χ3n) is 5.20. The summed E-state index contributed by atoms with van der Waals surface area (Å²) >= 11 is 5.87. The first kappa shape index (κ1) is 16.2. The van der Waals surface area contributed by atoms with Crippen molar-refractivity contribution in [1.82, 2.24) is 9.78 Å². The first-order valence-electron chi connectivity index (χ1n) is 8.24. The molecule has 1 aliphatic carbocycles. The van der Waals surface area contributed by atoms with Crippen LogP contribution < -0.4 is 5.73 Å². The summed E-state index contributed by atoms with van der Waals surface area (Å²) in [5.41, 5.74) is 7.53. The molecule has 5 nitrogen and oxygen atoms in total. The van der Waals surface area contributed by atoms with Crippen molar-refractivity contribution in [3.8, 4) is 17.2 Å². The molecule has 1 aliphatic heterocycles. The molecule has 25 heavy (non-hydrogen) atoms. The number of amides is 1. The maximum Gasteiger partial charge on any atom is 0.279 e.